The van der Waals surface area contributed by atoms with Gasteiger partial charge in [0.2, 0.25) is 11.8 Å². The molecule has 128 valence electrons. The first-order valence-electron chi connectivity index (χ1n) is 7.81. The predicted octanol–water partition coefficient (Wildman–Crippen LogP) is 3.43. The minimum atomic E-state index is -1.05. The zero-order valence-corrected chi connectivity index (χ0v) is 14.7. The number of rotatable bonds is 4. The Bertz CT molecular complexity index is 877. The van der Waals surface area contributed by atoms with Crippen LogP contribution in [0, 0.1) is 13.8 Å². The van der Waals surface area contributed by atoms with E-state index in [1.54, 1.807) is 18.2 Å². The Hall–Kier alpha value is -2.60. The maximum Gasteiger partial charge on any atom is 0.336 e. The lowest BCUT2D eigenvalue weighted by Gasteiger charge is -2.18. The summed E-state index contributed by atoms with van der Waals surface area (Å²) in [6.45, 7) is 3.76. The number of carbonyl (C=O) groups is 3. The highest BCUT2D eigenvalue weighted by Crippen LogP contribution is 2.36. The van der Waals surface area contributed by atoms with Crippen molar-refractivity contribution in [2.45, 2.75) is 30.4 Å². The molecule has 0 radical (unpaired) electrons. The van der Waals surface area contributed by atoms with Gasteiger partial charge >= 0.3 is 5.97 Å². The second-order valence-electron chi connectivity index (χ2n) is 5.97. The number of nitrogens with zero attached hydrogens (tertiary/aromatic N) is 1. The molecule has 0 bridgehead atoms. The number of carbonyl (C=O) groups excluding carboxylic acids is 2. The summed E-state index contributed by atoms with van der Waals surface area (Å²) in [4.78, 5) is 38.3. The summed E-state index contributed by atoms with van der Waals surface area (Å²) in [5.41, 5.74) is 2.56. The molecule has 0 unspecified atom stereocenters. The van der Waals surface area contributed by atoms with E-state index in [0.29, 0.717) is 10.6 Å². The number of anilines is 1. The van der Waals surface area contributed by atoms with Crippen LogP contribution in [0.2, 0.25) is 0 Å². The highest BCUT2D eigenvalue weighted by atomic mass is 32.2. The molecular formula is C19H17NO4S. The number of imide groups is 1. The van der Waals surface area contributed by atoms with E-state index in [9.17, 15) is 19.5 Å². The first-order valence-corrected chi connectivity index (χ1v) is 8.69. The molecule has 2 aromatic rings. The van der Waals surface area contributed by atoms with Gasteiger partial charge in [0.15, 0.2) is 0 Å². The molecule has 6 heteroatoms. The summed E-state index contributed by atoms with van der Waals surface area (Å²) in [5.74, 6) is -1.61. The fraction of sp³-hybridized carbons (Fsp3) is 0.211. The average molecular weight is 355 g/mol. The fourth-order valence-electron chi connectivity index (χ4n) is 2.81. The van der Waals surface area contributed by atoms with Crippen molar-refractivity contribution in [1.82, 2.24) is 0 Å². The number of hydrogen-bond acceptors (Lipinski definition) is 4. The van der Waals surface area contributed by atoms with E-state index in [1.165, 1.54) is 11.0 Å². The third kappa shape index (κ3) is 3.30. The van der Waals surface area contributed by atoms with E-state index in [0.717, 1.165) is 22.9 Å². The normalized spacial score (nSPS) is 17.2. The van der Waals surface area contributed by atoms with Crippen LogP contribution in [0.1, 0.15) is 27.9 Å². The molecule has 1 aliphatic rings. The first kappa shape index (κ1) is 17.2. The lowest BCUT2D eigenvalue weighted by atomic mass is 10.1. The Morgan fingerprint density at radius 3 is 2.60 bits per heavy atom. The summed E-state index contributed by atoms with van der Waals surface area (Å²) in [5, 5.41) is 8.66. The van der Waals surface area contributed by atoms with Crippen LogP contribution in [0.25, 0.3) is 0 Å². The monoisotopic (exact) mass is 355 g/mol. The van der Waals surface area contributed by atoms with Crippen LogP contribution in [-0.4, -0.2) is 28.1 Å². The minimum Gasteiger partial charge on any atom is -0.478 e. The van der Waals surface area contributed by atoms with Gasteiger partial charge in [-0.15, -0.1) is 11.8 Å². The predicted molar refractivity (Wildman–Crippen MR) is 96.1 cm³/mol. The van der Waals surface area contributed by atoms with Crippen LogP contribution in [0.15, 0.2) is 47.4 Å². The quantitative estimate of drug-likeness (QED) is 0.851. The van der Waals surface area contributed by atoms with Crippen molar-refractivity contribution in [3.05, 3.63) is 59.2 Å². The lowest BCUT2D eigenvalue weighted by Crippen LogP contribution is -2.31. The molecule has 0 aliphatic carbocycles. The van der Waals surface area contributed by atoms with Crippen molar-refractivity contribution < 1.29 is 19.5 Å². The number of amides is 2. The van der Waals surface area contributed by atoms with Gasteiger partial charge < -0.3 is 5.11 Å². The molecule has 0 aromatic heterocycles. The van der Waals surface area contributed by atoms with Crippen molar-refractivity contribution in [3.63, 3.8) is 0 Å². The number of hydrogen-bond donors (Lipinski definition) is 1. The van der Waals surface area contributed by atoms with E-state index in [1.807, 2.05) is 32.0 Å². The second kappa shape index (κ2) is 6.72. The van der Waals surface area contributed by atoms with Gasteiger partial charge in [0.25, 0.3) is 0 Å². The SMILES string of the molecule is Cc1ccc(C)c(N2C(=O)C[C@@H](Sc3ccccc3C(=O)O)C2=O)c1. The molecule has 1 atom stereocenters. The van der Waals surface area contributed by atoms with Crippen LogP contribution in [0.4, 0.5) is 5.69 Å². The number of aryl methyl sites for hydroxylation is 2. The van der Waals surface area contributed by atoms with Crippen LogP contribution in [0.5, 0.6) is 0 Å². The fourth-order valence-corrected chi connectivity index (χ4v) is 3.99. The Morgan fingerprint density at radius 2 is 1.88 bits per heavy atom. The summed E-state index contributed by atoms with van der Waals surface area (Å²) < 4.78 is 0. The molecule has 1 saturated heterocycles. The molecule has 3 rings (SSSR count). The van der Waals surface area contributed by atoms with Crippen molar-refractivity contribution in [2.24, 2.45) is 0 Å². The molecule has 2 aromatic carbocycles. The number of benzene rings is 2. The van der Waals surface area contributed by atoms with Gasteiger partial charge in [-0.05, 0) is 43.2 Å². The van der Waals surface area contributed by atoms with Gasteiger partial charge in [-0.1, -0.05) is 24.3 Å². The third-order valence-electron chi connectivity index (χ3n) is 4.10. The Kier molecular flexibility index (Phi) is 4.63. The van der Waals surface area contributed by atoms with E-state index in [2.05, 4.69) is 0 Å². The molecule has 25 heavy (non-hydrogen) atoms. The Labute approximate surface area is 149 Å². The highest BCUT2D eigenvalue weighted by Gasteiger charge is 2.41. The standard InChI is InChI=1S/C19H17NO4S/c1-11-7-8-12(2)14(9-11)20-17(21)10-16(18(20)22)25-15-6-4-3-5-13(15)19(23)24/h3-9,16H,10H2,1-2H3,(H,23,24)/t16-/m1/s1. The molecule has 1 N–H and O–H groups in total. The van der Waals surface area contributed by atoms with Gasteiger partial charge in [0, 0.05) is 11.3 Å². The second-order valence-corrected chi connectivity index (χ2v) is 7.21. The van der Waals surface area contributed by atoms with E-state index in [4.69, 9.17) is 0 Å². The number of thioether (sulfide) groups is 1. The molecule has 0 spiro atoms. The zero-order valence-electron chi connectivity index (χ0n) is 13.9. The smallest absolute Gasteiger partial charge is 0.336 e. The molecule has 1 aliphatic heterocycles. The maximum absolute atomic E-state index is 12.8. The van der Waals surface area contributed by atoms with Crippen LogP contribution in [0.3, 0.4) is 0 Å². The number of carboxylic acids is 1. The van der Waals surface area contributed by atoms with E-state index >= 15 is 0 Å². The summed E-state index contributed by atoms with van der Waals surface area (Å²) in [7, 11) is 0. The van der Waals surface area contributed by atoms with E-state index < -0.39 is 11.2 Å². The highest BCUT2D eigenvalue weighted by molar-refractivity contribution is 8.00. The van der Waals surface area contributed by atoms with Crippen molar-refractivity contribution in [2.75, 3.05) is 4.90 Å². The van der Waals surface area contributed by atoms with E-state index in [-0.39, 0.29) is 23.8 Å². The number of carboxylic acid groups (broad SMARTS) is 1. The van der Waals surface area contributed by atoms with Crippen LogP contribution >= 0.6 is 11.8 Å². The van der Waals surface area contributed by atoms with Crippen LogP contribution in [-0.2, 0) is 9.59 Å². The number of aromatic carboxylic acids is 1. The van der Waals surface area contributed by atoms with Gasteiger partial charge in [-0.3, -0.25) is 9.59 Å². The molecule has 1 fully saturated rings. The van der Waals surface area contributed by atoms with Gasteiger partial charge in [0.1, 0.15) is 0 Å². The summed E-state index contributed by atoms with van der Waals surface area (Å²) in [6, 6.07) is 12.1. The Balaban J connectivity index is 1.90. The largest absolute Gasteiger partial charge is 0.478 e. The van der Waals surface area contributed by atoms with Gasteiger partial charge in [0.05, 0.1) is 16.5 Å². The average Bonchev–Trinajstić information content (AvgIpc) is 2.84. The van der Waals surface area contributed by atoms with Gasteiger partial charge in [-0.2, -0.15) is 0 Å². The Morgan fingerprint density at radius 1 is 1.16 bits per heavy atom. The maximum atomic E-state index is 12.8. The van der Waals surface area contributed by atoms with Crippen molar-refractivity contribution >= 4 is 35.2 Å². The zero-order chi connectivity index (χ0) is 18.1. The first-order chi connectivity index (χ1) is 11.9. The molecule has 1 heterocycles. The lowest BCUT2D eigenvalue weighted by molar-refractivity contribution is -0.121. The minimum absolute atomic E-state index is 0.0604. The summed E-state index contributed by atoms with van der Waals surface area (Å²) >= 11 is 1.13. The third-order valence-corrected chi connectivity index (χ3v) is 5.36. The van der Waals surface area contributed by atoms with Crippen molar-refractivity contribution in [1.29, 1.82) is 0 Å². The van der Waals surface area contributed by atoms with Crippen LogP contribution < -0.4 is 4.90 Å². The molecule has 2 amide bonds. The topological polar surface area (TPSA) is 74.7 Å². The summed E-state index contributed by atoms with van der Waals surface area (Å²) in [6.07, 6.45) is 0.0604. The van der Waals surface area contributed by atoms with Crippen molar-refractivity contribution in [3.8, 4) is 0 Å². The molecular weight excluding hydrogens is 338 g/mol. The molecule has 5 nitrogen and oxygen atoms in total. The molecule has 0 saturated carbocycles. The van der Waals surface area contributed by atoms with Gasteiger partial charge in [-0.25, -0.2) is 9.69 Å².